The molecule has 1 heterocycles. The van der Waals surface area contributed by atoms with Gasteiger partial charge in [-0.25, -0.2) is 5.84 Å². The summed E-state index contributed by atoms with van der Waals surface area (Å²) in [5.74, 6) is 5.69. The van der Waals surface area contributed by atoms with Gasteiger partial charge in [-0.3, -0.25) is 4.98 Å². The molecule has 3 nitrogen and oxygen atoms in total. The van der Waals surface area contributed by atoms with Gasteiger partial charge in [0.05, 0.1) is 11.2 Å². The standard InChI is InChI=1S/C11H13N3/c1-8-6-10(14(2)12)7-9-4-3-5-13-11(8)9/h3-7H,12H2,1-2H3. The fourth-order valence-corrected chi connectivity index (χ4v) is 1.56. The van der Waals surface area contributed by atoms with E-state index in [-0.39, 0.29) is 0 Å². The lowest BCUT2D eigenvalue weighted by Crippen LogP contribution is -2.24. The number of hydrogen-bond donors (Lipinski definition) is 1. The van der Waals surface area contributed by atoms with E-state index in [2.05, 4.69) is 4.98 Å². The highest BCUT2D eigenvalue weighted by molar-refractivity contribution is 5.85. The van der Waals surface area contributed by atoms with Crippen LogP contribution in [0.1, 0.15) is 5.56 Å². The molecule has 0 bridgehead atoms. The molecule has 0 atom stereocenters. The van der Waals surface area contributed by atoms with Gasteiger partial charge in [-0.1, -0.05) is 6.07 Å². The smallest absolute Gasteiger partial charge is 0.0732 e. The summed E-state index contributed by atoms with van der Waals surface area (Å²) in [5, 5.41) is 2.74. The van der Waals surface area contributed by atoms with Gasteiger partial charge in [0.15, 0.2) is 0 Å². The van der Waals surface area contributed by atoms with Gasteiger partial charge in [0, 0.05) is 18.6 Å². The molecule has 0 spiro atoms. The van der Waals surface area contributed by atoms with Crippen molar-refractivity contribution in [3.63, 3.8) is 0 Å². The largest absolute Gasteiger partial charge is 0.314 e. The second-order valence-corrected chi connectivity index (χ2v) is 3.45. The Hall–Kier alpha value is -1.61. The van der Waals surface area contributed by atoms with Gasteiger partial charge in [0.1, 0.15) is 0 Å². The van der Waals surface area contributed by atoms with E-state index in [1.165, 1.54) is 0 Å². The van der Waals surface area contributed by atoms with E-state index in [1.54, 1.807) is 11.2 Å². The van der Waals surface area contributed by atoms with Crippen LogP contribution in [0.15, 0.2) is 30.5 Å². The number of rotatable bonds is 1. The van der Waals surface area contributed by atoms with Gasteiger partial charge >= 0.3 is 0 Å². The average Bonchev–Trinajstić information content (AvgIpc) is 2.17. The summed E-state index contributed by atoms with van der Waals surface area (Å²) in [4.78, 5) is 4.32. The molecule has 2 N–H and O–H groups in total. The molecule has 0 amide bonds. The van der Waals surface area contributed by atoms with Crippen molar-refractivity contribution in [2.75, 3.05) is 12.1 Å². The molecule has 2 aromatic rings. The first kappa shape index (κ1) is 8.97. The number of fused-ring (bicyclic) bond motifs is 1. The number of nitrogens with two attached hydrogens (primary N) is 1. The highest BCUT2D eigenvalue weighted by Crippen LogP contribution is 2.22. The van der Waals surface area contributed by atoms with E-state index in [1.807, 2.05) is 38.2 Å². The maximum Gasteiger partial charge on any atom is 0.0732 e. The predicted molar refractivity (Wildman–Crippen MR) is 59.1 cm³/mol. The number of hydrazine groups is 1. The minimum atomic E-state index is 1.00. The van der Waals surface area contributed by atoms with E-state index in [9.17, 15) is 0 Å². The summed E-state index contributed by atoms with van der Waals surface area (Å²) < 4.78 is 0. The summed E-state index contributed by atoms with van der Waals surface area (Å²) in [6.07, 6.45) is 1.81. The van der Waals surface area contributed by atoms with Crippen molar-refractivity contribution >= 4 is 16.6 Å². The van der Waals surface area contributed by atoms with Crippen LogP contribution in [-0.4, -0.2) is 12.0 Å². The average molecular weight is 187 g/mol. The van der Waals surface area contributed by atoms with Crippen molar-refractivity contribution in [1.29, 1.82) is 0 Å². The van der Waals surface area contributed by atoms with Crippen LogP contribution in [0.25, 0.3) is 10.9 Å². The lowest BCUT2D eigenvalue weighted by atomic mass is 10.1. The van der Waals surface area contributed by atoms with Crippen molar-refractivity contribution < 1.29 is 0 Å². The number of benzene rings is 1. The highest BCUT2D eigenvalue weighted by Gasteiger charge is 2.02. The third kappa shape index (κ3) is 1.42. The molecule has 0 fully saturated rings. The Balaban J connectivity index is 2.72. The second kappa shape index (κ2) is 3.27. The molecule has 2 rings (SSSR count). The Labute approximate surface area is 83.1 Å². The Kier molecular flexibility index (Phi) is 2.09. The molecule has 1 aromatic carbocycles. The van der Waals surface area contributed by atoms with Crippen molar-refractivity contribution in [2.45, 2.75) is 6.92 Å². The van der Waals surface area contributed by atoms with Crippen LogP contribution in [0.2, 0.25) is 0 Å². The first-order valence-electron chi connectivity index (χ1n) is 4.52. The van der Waals surface area contributed by atoms with Gasteiger partial charge in [0.25, 0.3) is 0 Å². The molecular weight excluding hydrogens is 174 g/mol. The van der Waals surface area contributed by atoms with Crippen molar-refractivity contribution in [3.8, 4) is 0 Å². The minimum Gasteiger partial charge on any atom is -0.314 e. The molecule has 0 saturated heterocycles. The minimum absolute atomic E-state index is 1.00. The summed E-state index contributed by atoms with van der Waals surface area (Å²) in [6.45, 7) is 2.04. The van der Waals surface area contributed by atoms with Gasteiger partial charge in [0.2, 0.25) is 0 Å². The summed E-state index contributed by atoms with van der Waals surface area (Å²) >= 11 is 0. The zero-order valence-electron chi connectivity index (χ0n) is 8.36. The number of hydrogen-bond acceptors (Lipinski definition) is 3. The number of aryl methyl sites for hydroxylation is 1. The van der Waals surface area contributed by atoms with Crippen LogP contribution in [0.3, 0.4) is 0 Å². The third-order valence-electron chi connectivity index (χ3n) is 2.29. The van der Waals surface area contributed by atoms with Crippen LogP contribution in [0, 0.1) is 6.92 Å². The molecule has 0 aliphatic carbocycles. The van der Waals surface area contributed by atoms with Crippen LogP contribution >= 0.6 is 0 Å². The number of pyridine rings is 1. The van der Waals surface area contributed by atoms with Crippen LogP contribution in [-0.2, 0) is 0 Å². The zero-order valence-corrected chi connectivity index (χ0v) is 8.36. The van der Waals surface area contributed by atoms with E-state index in [4.69, 9.17) is 5.84 Å². The van der Waals surface area contributed by atoms with Crippen molar-refractivity contribution in [3.05, 3.63) is 36.0 Å². The SMILES string of the molecule is Cc1cc(N(C)N)cc2cccnc12. The maximum atomic E-state index is 5.69. The fraction of sp³-hybridized carbons (Fsp3) is 0.182. The Morgan fingerprint density at radius 2 is 2.14 bits per heavy atom. The van der Waals surface area contributed by atoms with Crippen LogP contribution < -0.4 is 10.9 Å². The molecule has 0 unspecified atom stereocenters. The molecule has 0 radical (unpaired) electrons. The van der Waals surface area contributed by atoms with Gasteiger partial charge in [-0.15, -0.1) is 0 Å². The normalized spacial score (nSPS) is 10.5. The second-order valence-electron chi connectivity index (χ2n) is 3.45. The first-order chi connectivity index (χ1) is 6.68. The number of anilines is 1. The van der Waals surface area contributed by atoms with Crippen LogP contribution in [0.5, 0.6) is 0 Å². The number of aromatic nitrogens is 1. The molecule has 0 aliphatic heterocycles. The molecule has 0 aliphatic rings. The topological polar surface area (TPSA) is 42.1 Å². The van der Waals surface area contributed by atoms with E-state index in [0.717, 1.165) is 22.2 Å². The maximum absolute atomic E-state index is 5.69. The third-order valence-corrected chi connectivity index (χ3v) is 2.29. The molecule has 14 heavy (non-hydrogen) atoms. The molecule has 0 saturated carbocycles. The Bertz CT molecular complexity index is 463. The van der Waals surface area contributed by atoms with E-state index in [0.29, 0.717) is 0 Å². The molecular formula is C11H13N3. The lowest BCUT2D eigenvalue weighted by molar-refractivity contribution is 1.02. The highest BCUT2D eigenvalue weighted by atomic mass is 15.4. The Morgan fingerprint density at radius 1 is 1.36 bits per heavy atom. The molecule has 3 heteroatoms. The fourth-order valence-electron chi connectivity index (χ4n) is 1.56. The van der Waals surface area contributed by atoms with Gasteiger partial charge < -0.3 is 5.01 Å². The first-order valence-corrected chi connectivity index (χ1v) is 4.52. The number of nitrogens with zero attached hydrogens (tertiary/aromatic N) is 2. The summed E-state index contributed by atoms with van der Waals surface area (Å²) in [5.41, 5.74) is 3.19. The van der Waals surface area contributed by atoms with E-state index < -0.39 is 0 Å². The summed E-state index contributed by atoms with van der Waals surface area (Å²) in [6, 6.07) is 8.05. The quantitative estimate of drug-likeness (QED) is 0.547. The van der Waals surface area contributed by atoms with Gasteiger partial charge in [-0.05, 0) is 30.7 Å². The summed E-state index contributed by atoms with van der Waals surface area (Å²) in [7, 11) is 1.83. The van der Waals surface area contributed by atoms with Gasteiger partial charge in [-0.2, -0.15) is 0 Å². The molecule has 1 aromatic heterocycles. The van der Waals surface area contributed by atoms with E-state index >= 15 is 0 Å². The lowest BCUT2D eigenvalue weighted by Gasteiger charge is -2.13. The Morgan fingerprint density at radius 3 is 2.86 bits per heavy atom. The van der Waals surface area contributed by atoms with Crippen LogP contribution in [0.4, 0.5) is 5.69 Å². The van der Waals surface area contributed by atoms with Crippen molar-refractivity contribution in [1.82, 2.24) is 4.98 Å². The zero-order chi connectivity index (χ0) is 10.1. The van der Waals surface area contributed by atoms with Crippen molar-refractivity contribution in [2.24, 2.45) is 5.84 Å². The predicted octanol–water partition coefficient (Wildman–Crippen LogP) is 1.85. The molecule has 72 valence electrons. The monoisotopic (exact) mass is 187 g/mol.